The molecule has 0 radical (unpaired) electrons. The molecule has 0 bridgehead atoms. The third-order valence-electron chi connectivity index (χ3n) is 9.13. The molecule has 10 rings (SSSR count). The molecule has 0 aliphatic heterocycles. The van der Waals surface area contributed by atoms with E-state index in [9.17, 15) is 0 Å². The third-order valence-corrected chi connectivity index (χ3v) is 9.13. The van der Waals surface area contributed by atoms with Crippen molar-refractivity contribution in [1.29, 1.82) is 0 Å². The minimum absolute atomic E-state index is 0.0301. The Bertz CT molecular complexity index is 2990. The van der Waals surface area contributed by atoms with Gasteiger partial charge in [-0.05, 0) is 93.0 Å². The molecule has 0 saturated heterocycles. The standard InChI is InChI=1S/C42H26N2/c1-2-13-32(14-3-1)43-39-21-19-27-10-6-7-15-34(27)42(39)37-25-36-35-16-8-9-17-38(35)44(40(36)26-41(37)43)33-20-18-30-22-28-11-4-5-12-29(28)23-31(30)24-33/h1-26H/i8D,9D,16D,17D. The molecule has 204 valence electrons. The fourth-order valence-corrected chi connectivity index (χ4v) is 7.19. The van der Waals surface area contributed by atoms with E-state index in [1.54, 1.807) is 0 Å². The first-order valence-electron chi connectivity index (χ1n) is 16.9. The van der Waals surface area contributed by atoms with Crippen molar-refractivity contribution >= 4 is 75.9 Å². The van der Waals surface area contributed by atoms with Crippen LogP contribution < -0.4 is 0 Å². The average Bonchev–Trinajstić information content (AvgIpc) is 3.64. The second-order valence-electron chi connectivity index (χ2n) is 11.5. The average molecular weight is 563 g/mol. The smallest absolute Gasteiger partial charge is 0.0645 e. The fraction of sp³-hybridized carbons (Fsp3) is 0. The van der Waals surface area contributed by atoms with E-state index in [0.717, 1.165) is 71.0 Å². The Morgan fingerprint density at radius 2 is 1.02 bits per heavy atom. The molecule has 0 spiro atoms. The lowest BCUT2D eigenvalue weighted by molar-refractivity contribution is 1.17. The van der Waals surface area contributed by atoms with Crippen molar-refractivity contribution in [3.8, 4) is 11.4 Å². The van der Waals surface area contributed by atoms with Crippen molar-refractivity contribution in [3.05, 3.63) is 158 Å². The number of rotatable bonds is 2. The molecule has 0 aliphatic rings. The van der Waals surface area contributed by atoms with Gasteiger partial charge in [0.1, 0.15) is 0 Å². The maximum atomic E-state index is 9.16. The molecular formula is C42H26N2. The molecule has 0 saturated carbocycles. The molecule has 2 heterocycles. The van der Waals surface area contributed by atoms with Gasteiger partial charge in [0.05, 0.1) is 27.5 Å². The highest BCUT2D eigenvalue weighted by molar-refractivity contribution is 6.25. The van der Waals surface area contributed by atoms with Crippen LogP contribution in [0.5, 0.6) is 0 Å². The van der Waals surface area contributed by atoms with E-state index in [1.165, 1.54) is 5.39 Å². The molecule has 44 heavy (non-hydrogen) atoms. The minimum atomic E-state index is -0.238. The Balaban J connectivity index is 1.41. The topological polar surface area (TPSA) is 9.86 Å². The van der Waals surface area contributed by atoms with E-state index in [-0.39, 0.29) is 24.2 Å². The van der Waals surface area contributed by atoms with Crippen LogP contribution in [-0.2, 0) is 0 Å². The fourth-order valence-electron chi connectivity index (χ4n) is 7.19. The van der Waals surface area contributed by atoms with Crippen LogP contribution in [0, 0.1) is 0 Å². The largest absolute Gasteiger partial charge is 0.309 e. The maximum absolute atomic E-state index is 9.16. The zero-order chi connectivity index (χ0) is 32.3. The summed E-state index contributed by atoms with van der Waals surface area (Å²) in [7, 11) is 0. The minimum Gasteiger partial charge on any atom is -0.309 e. The number of fused-ring (bicyclic) bond motifs is 10. The van der Waals surface area contributed by atoms with Gasteiger partial charge in [-0.25, -0.2) is 0 Å². The summed E-state index contributed by atoms with van der Waals surface area (Å²) in [5.41, 5.74) is 5.27. The molecule has 8 aromatic carbocycles. The highest BCUT2D eigenvalue weighted by Crippen LogP contribution is 2.42. The zero-order valence-electron chi connectivity index (χ0n) is 27.6. The van der Waals surface area contributed by atoms with Gasteiger partial charge < -0.3 is 9.13 Å². The van der Waals surface area contributed by atoms with Crippen LogP contribution in [0.25, 0.3) is 87.3 Å². The van der Waals surface area contributed by atoms with Crippen molar-refractivity contribution in [2.45, 2.75) is 0 Å². The lowest BCUT2D eigenvalue weighted by atomic mass is 10.0. The summed E-state index contributed by atoms with van der Waals surface area (Å²) in [5.74, 6) is 0. The van der Waals surface area contributed by atoms with Gasteiger partial charge in [0, 0.05) is 32.9 Å². The van der Waals surface area contributed by atoms with E-state index in [2.05, 4.69) is 108 Å². The van der Waals surface area contributed by atoms with Crippen LogP contribution in [0.3, 0.4) is 0 Å². The van der Waals surface area contributed by atoms with Gasteiger partial charge in [0.15, 0.2) is 0 Å². The Hall–Kier alpha value is -5.86. The zero-order valence-corrected chi connectivity index (χ0v) is 23.6. The highest BCUT2D eigenvalue weighted by atomic mass is 15.0. The second-order valence-corrected chi connectivity index (χ2v) is 11.5. The Morgan fingerprint density at radius 1 is 0.364 bits per heavy atom. The van der Waals surface area contributed by atoms with E-state index >= 15 is 0 Å². The highest BCUT2D eigenvalue weighted by Gasteiger charge is 2.19. The van der Waals surface area contributed by atoms with E-state index in [1.807, 2.05) is 34.9 Å². The van der Waals surface area contributed by atoms with Crippen LogP contribution in [-0.4, -0.2) is 9.13 Å². The Kier molecular flexibility index (Phi) is 4.03. The van der Waals surface area contributed by atoms with Gasteiger partial charge in [0.25, 0.3) is 0 Å². The predicted molar refractivity (Wildman–Crippen MR) is 188 cm³/mol. The Morgan fingerprint density at radius 3 is 1.89 bits per heavy atom. The second kappa shape index (κ2) is 8.82. The van der Waals surface area contributed by atoms with E-state index < -0.39 is 0 Å². The van der Waals surface area contributed by atoms with Crippen LogP contribution in [0.1, 0.15) is 5.48 Å². The van der Waals surface area contributed by atoms with Gasteiger partial charge in [-0.2, -0.15) is 0 Å². The van der Waals surface area contributed by atoms with Crippen molar-refractivity contribution in [2.75, 3.05) is 0 Å². The first-order valence-corrected chi connectivity index (χ1v) is 14.9. The molecule has 0 aliphatic carbocycles. The molecule has 0 amide bonds. The van der Waals surface area contributed by atoms with Crippen molar-refractivity contribution in [1.82, 2.24) is 9.13 Å². The van der Waals surface area contributed by atoms with Gasteiger partial charge in [-0.3, -0.25) is 0 Å². The van der Waals surface area contributed by atoms with E-state index in [4.69, 9.17) is 5.48 Å². The molecule has 0 atom stereocenters. The summed E-state index contributed by atoms with van der Waals surface area (Å²) in [4.78, 5) is 0. The summed E-state index contributed by atoms with van der Waals surface area (Å²) in [6.45, 7) is 0. The molecule has 0 N–H and O–H groups in total. The molecule has 0 unspecified atom stereocenters. The summed E-state index contributed by atoms with van der Waals surface area (Å²) in [6, 6.07) is 45.9. The number of hydrogen-bond acceptors (Lipinski definition) is 0. The molecule has 2 nitrogen and oxygen atoms in total. The first kappa shape index (κ1) is 20.1. The van der Waals surface area contributed by atoms with Crippen molar-refractivity contribution in [3.63, 3.8) is 0 Å². The maximum Gasteiger partial charge on any atom is 0.0645 e. The number of nitrogens with zero attached hydrogens (tertiary/aromatic N) is 2. The van der Waals surface area contributed by atoms with Gasteiger partial charge in [-0.15, -0.1) is 0 Å². The number of para-hydroxylation sites is 2. The molecular weight excluding hydrogens is 532 g/mol. The number of benzene rings is 8. The summed E-state index contributed by atoms with van der Waals surface area (Å²) in [5, 5.41) is 10.3. The lowest BCUT2D eigenvalue weighted by Crippen LogP contribution is -1.96. The quantitative estimate of drug-likeness (QED) is 0.185. The van der Waals surface area contributed by atoms with Gasteiger partial charge in [-0.1, -0.05) is 97.0 Å². The Labute approximate surface area is 259 Å². The summed E-state index contributed by atoms with van der Waals surface area (Å²) < 4.78 is 39.9. The van der Waals surface area contributed by atoms with Crippen molar-refractivity contribution < 1.29 is 5.48 Å². The van der Waals surface area contributed by atoms with Crippen LogP contribution >= 0.6 is 0 Å². The molecule has 10 aromatic rings. The summed E-state index contributed by atoms with van der Waals surface area (Å²) in [6.07, 6.45) is 0. The predicted octanol–water partition coefficient (Wildman–Crippen LogP) is 11.3. The summed E-state index contributed by atoms with van der Waals surface area (Å²) >= 11 is 0. The van der Waals surface area contributed by atoms with Crippen LogP contribution in [0.15, 0.2) is 158 Å². The normalized spacial score (nSPS) is 13.4. The first-order chi connectivity index (χ1) is 23.5. The van der Waals surface area contributed by atoms with Crippen LogP contribution in [0.4, 0.5) is 0 Å². The van der Waals surface area contributed by atoms with Crippen molar-refractivity contribution in [2.24, 2.45) is 0 Å². The number of hydrogen-bond donors (Lipinski definition) is 0. The van der Waals surface area contributed by atoms with Gasteiger partial charge in [0.2, 0.25) is 0 Å². The lowest BCUT2D eigenvalue weighted by Gasteiger charge is -2.11. The molecule has 2 heteroatoms. The number of aromatic nitrogens is 2. The van der Waals surface area contributed by atoms with Crippen LogP contribution in [0.2, 0.25) is 0 Å². The third kappa shape index (κ3) is 3.25. The molecule has 2 aromatic heterocycles. The SMILES string of the molecule is [2H]c1c([2H])c([2H])c2c(c1[2H])c1cc3c4c5ccccc5ccc4n(-c4ccccc4)c3cc1n2-c1ccc2cc3ccccc3cc2c1. The monoisotopic (exact) mass is 562 g/mol. The molecule has 0 fully saturated rings. The van der Waals surface area contributed by atoms with E-state index in [0.29, 0.717) is 10.9 Å². The van der Waals surface area contributed by atoms with Gasteiger partial charge >= 0.3 is 0 Å².